The number of alkyl halides is 1. The van der Waals surface area contributed by atoms with Gasteiger partial charge < -0.3 is 9.47 Å². The largest absolute Gasteiger partial charge is 0.486 e. The first-order valence-corrected chi connectivity index (χ1v) is 8.16. The van der Waals surface area contributed by atoms with Crippen molar-refractivity contribution in [3.8, 4) is 11.5 Å². The highest BCUT2D eigenvalue weighted by molar-refractivity contribution is 9.10. The van der Waals surface area contributed by atoms with Gasteiger partial charge in [-0.1, -0.05) is 33.6 Å². The van der Waals surface area contributed by atoms with Crippen LogP contribution in [-0.4, -0.2) is 13.2 Å². The van der Waals surface area contributed by atoms with Gasteiger partial charge in [-0.15, -0.1) is 11.6 Å². The number of fused-ring (bicyclic) bond motifs is 1. The van der Waals surface area contributed by atoms with Crippen molar-refractivity contribution in [2.75, 3.05) is 13.2 Å². The lowest BCUT2D eigenvalue weighted by Crippen LogP contribution is -2.15. The van der Waals surface area contributed by atoms with Crippen LogP contribution in [0.3, 0.4) is 0 Å². The van der Waals surface area contributed by atoms with E-state index in [1.54, 1.807) is 6.07 Å². The Morgan fingerprint density at radius 1 is 1.05 bits per heavy atom. The van der Waals surface area contributed by atoms with E-state index in [9.17, 15) is 0 Å². The van der Waals surface area contributed by atoms with Gasteiger partial charge in [-0.2, -0.15) is 0 Å². The quantitative estimate of drug-likeness (QED) is 0.632. The maximum absolute atomic E-state index is 6.65. The number of halogens is 3. The zero-order valence-electron chi connectivity index (χ0n) is 11.3. The average molecular weight is 388 g/mol. The van der Waals surface area contributed by atoms with Crippen LogP contribution in [0.5, 0.6) is 11.5 Å². The molecule has 1 unspecified atom stereocenters. The molecule has 21 heavy (non-hydrogen) atoms. The van der Waals surface area contributed by atoms with Crippen molar-refractivity contribution >= 4 is 39.1 Å². The number of aryl methyl sites for hydroxylation is 1. The Hall–Kier alpha value is -0.900. The van der Waals surface area contributed by atoms with Crippen molar-refractivity contribution in [1.82, 2.24) is 0 Å². The van der Waals surface area contributed by atoms with E-state index in [4.69, 9.17) is 32.7 Å². The van der Waals surface area contributed by atoms with E-state index < -0.39 is 0 Å². The van der Waals surface area contributed by atoms with E-state index in [1.807, 2.05) is 31.2 Å². The molecule has 110 valence electrons. The third-order valence-electron chi connectivity index (χ3n) is 3.45. The summed E-state index contributed by atoms with van der Waals surface area (Å²) < 4.78 is 12.1. The zero-order chi connectivity index (χ0) is 15.0. The Morgan fingerprint density at radius 3 is 2.43 bits per heavy atom. The predicted molar refractivity (Wildman–Crippen MR) is 89.0 cm³/mol. The van der Waals surface area contributed by atoms with Crippen molar-refractivity contribution in [2.24, 2.45) is 0 Å². The van der Waals surface area contributed by atoms with E-state index in [0.717, 1.165) is 21.2 Å². The third-order valence-corrected chi connectivity index (χ3v) is 4.74. The van der Waals surface area contributed by atoms with E-state index in [1.165, 1.54) is 0 Å². The summed E-state index contributed by atoms with van der Waals surface area (Å²) in [5, 5.41) is 0.240. The van der Waals surface area contributed by atoms with Crippen LogP contribution in [-0.2, 0) is 0 Å². The number of benzene rings is 2. The molecule has 3 rings (SSSR count). The van der Waals surface area contributed by atoms with Gasteiger partial charge in [0.15, 0.2) is 11.5 Å². The summed E-state index contributed by atoms with van der Waals surface area (Å²) in [7, 11) is 0. The minimum absolute atomic E-state index is 0.342. The summed E-state index contributed by atoms with van der Waals surface area (Å²) in [4.78, 5) is 0. The molecule has 0 saturated heterocycles. The van der Waals surface area contributed by atoms with Crippen LogP contribution in [0.25, 0.3) is 0 Å². The zero-order valence-corrected chi connectivity index (χ0v) is 14.4. The van der Waals surface area contributed by atoms with Gasteiger partial charge in [-0.3, -0.25) is 0 Å². The maximum atomic E-state index is 6.65. The second-order valence-electron chi connectivity index (χ2n) is 4.88. The fourth-order valence-corrected chi connectivity index (χ4v) is 3.44. The average Bonchev–Trinajstić information content (AvgIpc) is 2.48. The van der Waals surface area contributed by atoms with Crippen molar-refractivity contribution in [2.45, 2.75) is 12.3 Å². The molecule has 0 spiro atoms. The van der Waals surface area contributed by atoms with Crippen LogP contribution < -0.4 is 9.47 Å². The normalized spacial score (nSPS) is 14.9. The molecule has 0 fully saturated rings. The molecular formula is C16H13BrCl2O2. The van der Waals surface area contributed by atoms with E-state index in [2.05, 4.69) is 15.9 Å². The van der Waals surface area contributed by atoms with E-state index in [-0.39, 0.29) is 5.38 Å². The minimum atomic E-state index is -0.342. The van der Waals surface area contributed by atoms with Gasteiger partial charge in [0, 0.05) is 15.6 Å². The lowest BCUT2D eigenvalue weighted by molar-refractivity contribution is 0.171. The first-order chi connectivity index (χ1) is 10.1. The minimum Gasteiger partial charge on any atom is -0.486 e. The van der Waals surface area contributed by atoms with E-state index in [0.29, 0.717) is 29.7 Å². The van der Waals surface area contributed by atoms with Gasteiger partial charge in [-0.25, -0.2) is 0 Å². The molecule has 2 aromatic rings. The van der Waals surface area contributed by atoms with Crippen molar-refractivity contribution in [3.63, 3.8) is 0 Å². The van der Waals surface area contributed by atoms with Gasteiger partial charge in [0.25, 0.3) is 0 Å². The summed E-state index contributed by atoms with van der Waals surface area (Å²) in [5.41, 5.74) is 2.96. The SMILES string of the molecule is Cc1ccc(Br)cc1C(Cl)c1cc2c(cc1Cl)OCCO2. The topological polar surface area (TPSA) is 18.5 Å². The Morgan fingerprint density at radius 2 is 1.71 bits per heavy atom. The number of ether oxygens (including phenoxy) is 2. The smallest absolute Gasteiger partial charge is 0.162 e. The third kappa shape index (κ3) is 3.01. The van der Waals surface area contributed by atoms with Gasteiger partial charge >= 0.3 is 0 Å². The van der Waals surface area contributed by atoms with Gasteiger partial charge in [0.05, 0.1) is 5.38 Å². The number of hydrogen-bond donors (Lipinski definition) is 0. The summed E-state index contributed by atoms with van der Waals surface area (Å²) in [6, 6.07) is 9.68. The van der Waals surface area contributed by atoms with Crippen LogP contribution in [0.2, 0.25) is 5.02 Å². The molecule has 1 atom stereocenters. The monoisotopic (exact) mass is 386 g/mol. The summed E-state index contributed by atoms with van der Waals surface area (Å²) in [6.45, 7) is 3.11. The molecule has 5 heteroatoms. The molecule has 0 aromatic heterocycles. The van der Waals surface area contributed by atoms with Gasteiger partial charge in [0.1, 0.15) is 13.2 Å². The Balaban J connectivity index is 2.05. The Labute approximate surface area is 142 Å². The molecule has 0 aliphatic carbocycles. The van der Waals surface area contributed by atoms with Crippen molar-refractivity contribution in [1.29, 1.82) is 0 Å². The molecule has 1 aliphatic rings. The molecular weight excluding hydrogens is 375 g/mol. The fraction of sp³-hybridized carbons (Fsp3) is 0.250. The molecule has 2 nitrogen and oxygen atoms in total. The van der Waals surface area contributed by atoms with Crippen LogP contribution >= 0.6 is 39.1 Å². The van der Waals surface area contributed by atoms with Crippen LogP contribution in [0.4, 0.5) is 0 Å². The maximum Gasteiger partial charge on any atom is 0.162 e. The highest BCUT2D eigenvalue weighted by Gasteiger charge is 2.21. The number of hydrogen-bond acceptors (Lipinski definition) is 2. The van der Waals surface area contributed by atoms with Gasteiger partial charge in [0.2, 0.25) is 0 Å². The molecule has 2 aromatic carbocycles. The van der Waals surface area contributed by atoms with Crippen LogP contribution in [0.1, 0.15) is 22.1 Å². The Kier molecular flexibility index (Phi) is 4.34. The molecule has 1 heterocycles. The van der Waals surface area contributed by atoms with Crippen LogP contribution in [0, 0.1) is 6.92 Å². The number of rotatable bonds is 2. The predicted octanol–water partition coefficient (Wildman–Crippen LogP) is 5.51. The first-order valence-electron chi connectivity index (χ1n) is 6.55. The van der Waals surface area contributed by atoms with E-state index >= 15 is 0 Å². The Bertz CT molecular complexity index is 688. The second-order valence-corrected chi connectivity index (χ2v) is 6.64. The summed E-state index contributed by atoms with van der Waals surface area (Å²) in [6.07, 6.45) is 0. The fourth-order valence-electron chi connectivity index (χ4n) is 2.33. The molecule has 0 saturated carbocycles. The highest BCUT2D eigenvalue weighted by Crippen LogP contribution is 2.42. The highest BCUT2D eigenvalue weighted by atomic mass is 79.9. The van der Waals surface area contributed by atoms with Crippen molar-refractivity contribution in [3.05, 3.63) is 56.5 Å². The molecule has 0 amide bonds. The lowest BCUT2D eigenvalue weighted by Gasteiger charge is -2.22. The summed E-state index contributed by atoms with van der Waals surface area (Å²) in [5.74, 6) is 1.36. The molecule has 0 bridgehead atoms. The molecule has 0 radical (unpaired) electrons. The van der Waals surface area contributed by atoms with Gasteiger partial charge in [-0.05, 0) is 41.8 Å². The standard InChI is InChI=1S/C16H13BrCl2O2/c1-9-2-3-10(17)6-11(9)16(19)12-7-14-15(8-13(12)18)21-5-4-20-14/h2-3,6-8,16H,4-5H2,1H3. The lowest BCUT2D eigenvalue weighted by atomic mass is 9.99. The first kappa shape index (κ1) is 15.0. The molecule has 1 aliphatic heterocycles. The summed E-state index contributed by atoms with van der Waals surface area (Å²) >= 11 is 16.5. The van der Waals surface area contributed by atoms with Crippen molar-refractivity contribution < 1.29 is 9.47 Å². The molecule has 0 N–H and O–H groups in total. The second kappa shape index (κ2) is 6.07. The van der Waals surface area contributed by atoms with Crippen LogP contribution in [0.15, 0.2) is 34.8 Å².